The van der Waals surface area contributed by atoms with Gasteiger partial charge in [-0.2, -0.15) is 0 Å². The molecule has 3 rings (SSSR count). The van der Waals surface area contributed by atoms with E-state index < -0.39 is 16.1 Å². The first-order valence-corrected chi connectivity index (χ1v) is 16.9. The van der Waals surface area contributed by atoms with Crippen LogP contribution in [0.1, 0.15) is 41.5 Å². The van der Waals surface area contributed by atoms with E-state index in [1.165, 1.54) is 56.6 Å². The van der Waals surface area contributed by atoms with Crippen molar-refractivity contribution in [2.75, 3.05) is 0 Å². The Balaban J connectivity index is 2.66. The molecule has 0 unspecified atom stereocenters. The number of nitrogens with zero attached hydrogens (tertiary/aromatic N) is 1. The number of hydrogen-bond acceptors (Lipinski definition) is 2. The van der Waals surface area contributed by atoms with Crippen molar-refractivity contribution in [3.05, 3.63) is 55.4 Å². The average molecular weight is 439 g/mol. The molecule has 0 atom stereocenters. The molecule has 0 radical (unpaired) electrons. The molecular weight excluding hydrogens is 402 g/mol. The van der Waals surface area contributed by atoms with Crippen molar-refractivity contribution in [3.8, 4) is 0 Å². The van der Waals surface area contributed by atoms with Crippen molar-refractivity contribution in [3.63, 3.8) is 0 Å². The Bertz CT molecular complexity index is 1210. The summed E-state index contributed by atoms with van der Waals surface area (Å²) in [5.74, 6) is 0. The van der Waals surface area contributed by atoms with Gasteiger partial charge in [0.1, 0.15) is 13.3 Å². The molecule has 0 bridgehead atoms. The molecule has 0 aromatic heterocycles. The van der Waals surface area contributed by atoms with Crippen LogP contribution in [0.15, 0.2) is 27.8 Å². The van der Waals surface area contributed by atoms with Crippen LogP contribution in [0.2, 0.25) is 36.3 Å². The molecule has 0 spiro atoms. The van der Waals surface area contributed by atoms with Gasteiger partial charge in [0, 0.05) is 18.3 Å². The van der Waals surface area contributed by atoms with E-state index in [0.29, 0.717) is 5.22 Å². The first-order valence-electron chi connectivity index (χ1n) is 11.6. The van der Waals surface area contributed by atoms with Crippen LogP contribution in [0.3, 0.4) is 0 Å². The summed E-state index contributed by atoms with van der Waals surface area (Å²) in [7, 11) is -1.80. The number of hydrogen-bond donors (Lipinski definition) is 0. The Hall–Kier alpha value is -1.82. The van der Waals surface area contributed by atoms with Gasteiger partial charge in [-0.3, -0.25) is 4.79 Å². The normalized spacial score (nSPS) is 12.8. The molecule has 0 amide bonds. The summed E-state index contributed by atoms with van der Waals surface area (Å²) < 4.78 is 1.27. The van der Waals surface area contributed by atoms with E-state index in [1.54, 1.807) is 7.05 Å². The topological polar surface area (TPSA) is 39.1 Å². The largest absolute Gasteiger partial charge is 0.352 e. The van der Waals surface area contributed by atoms with Gasteiger partial charge in [0.15, 0.2) is 0 Å². The second kappa shape index (κ2) is 8.37. The van der Waals surface area contributed by atoms with Gasteiger partial charge < -0.3 is 0 Å². The van der Waals surface area contributed by atoms with E-state index in [2.05, 4.69) is 65.8 Å². The van der Waals surface area contributed by atoms with Gasteiger partial charge in [-0.25, -0.2) is 9.36 Å². The summed E-state index contributed by atoms with van der Waals surface area (Å²) in [6, 6.07) is 17.0. The minimum absolute atomic E-state index is 0.159. The van der Waals surface area contributed by atoms with E-state index in [-0.39, 0.29) is 11.1 Å². The molecule has 1 aliphatic heterocycles. The lowest BCUT2D eigenvalue weighted by Crippen LogP contribution is -2.49. The maximum Gasteiger partial charge on any atom is 0.352 e. The quantitative estimate of drug-likeness (QED) is 0.389. The van der Waals surface area contributed by atoms with E-state index >= 15 is 0 Å². The van der Waals surface area contributed by atoms with Crippen LogP contribution >= 0.6 is 0 Å². The zero-order valence-corrected chi connectivity index (χ0v) is 21.7. The van der Waals surface area contributed by atoms with E-state index in [4.69, 9.17) is 0 Å². The fraction of sp³-hybridized carbons (Fsp3) is 0.520. The Morgan fingerprint density at radius 1 is 0.767 bits per heavy atom. The predicted octanol–water partition coefficient (Wildman–Crippen LogP) is 4.29. The lowest BCUT2D eigenvalue weighted by Gasteiger charge is -2.30. The molecule has 1 aliphatic carbocycles. The van der Waals surface area contributed by atoms with E-state index in [0.717, 1.165) is 10.6 Å². The molecule has 30 heavy (non-hydrogen) atoms. The molecule has 0 N–H and O–H groups in total. The molecule has 5 heteroatoms. The third-order valence-electron chi connectivity index (χ3n) is 8.34. The Morgan fingerprint density at radius 3 is 1.77 bits per heavy atom. The summed E-state index contributed by atoms with van der Waals surface area (Å²) >= 11 is 0. The van der Waals surface area contributed by atoms with Crippen LogP contribution < -0.4 is 21.5 Å². The second-order valence-electron chi connectivity index (χ2n) is 8.88. The lowest BCUT2D eigenvalue weighted by atomic mass is 10.1. The van der Waals surface area contributed by atoms with Crippen LogP contribution in [0.25, 0.3) is 10.8 Å². The van der Waals surface area contributed by atoms with Gasteiger partial charge in [0.05, 0.1) is 24.9 Å². The van der Waals surface area contributed by atoms with Crippen LogP contribution in [0, 0.1) is 16.5 Å². The van der Waals surface area contributed by atoms with Gasteiger partial charge in [-0.15, -0.1) is 0 Å². The summed E-state index contributed by atoms with van der Waals surface area (Å²) in [5, 5.41) is 6.11. The number of rotatable bonds is 8. The monoisotopic (exact) mass is 438 g/mol. The van der Waals surface area contributed by atoms with Crippen molar-refractivity contribution in [2.24, 2.45) is 7.05 Å². The predicted molar refractivity (Wildman–Crippen MR) is 134 cm³/mol. The molecule has 0 fully saturated rings. The molecule has 3 nitrogen and oxygen atoms in total. The lowest BCUT2D eigenvalue weighted by molar-refractivity contribution is 0.821. The minimum atomic E-state index is -1.72. The fourth-order valence-corrected chi connectivity index (χ4v) is 13.0. The maximum absolute atomic E-state index is 13.2. The number of benzene rings is 1. The zero-order valence-electron chi connectivity index (χ0n) is 19.7. The first-order chi connectivity index (χ1) is 14.3. The maximum atomic E-state index is 13.2. The summed E-state index contributed by atoms with van der Waals surface area (Å²) in [6.07, 6.45) is 0. The number of aromatic nitrogens is 1. The highest BCUT2D eigenvalue weighted by molar-refractivity contribution is 6.94. The third-order valence-corrected chi connectivity index (χ3v) is 19.5. The van der Waals surface area contributed by atoms with Crippen molar-refractivity contribution in [2.45, 2.75) is 77.8 Å². The second-order valence-corrected chi connectivity index (χ2v) is 19.4. The summed E-state index contributed by atoms with van der Waals surface area (Å²) in [6.45, 7) is 13.8. The standard InChI is InChI=1S/C25H36NO2Si2/c1-8-29(9-2,10-3)18-16-20-22(30(11-4,12-5)13-6)15-14-19-23(20)21(17-18)25(28)26(7)24(19)27/h15-17H,8-13H2,1-7H3/q+1. The molecule has 0 saturated heterocycles. The molecule has 1 aromatic carbocycles. The van der Waals surface area contributed by atoms with Gasteiger partial charge >= 0.3 is 5.56 Å². The molecule has 0 saturated carbocycles. The Morgan fingerprint density at radius 2 is 1.27 bits per heavy atom. The van der Waals surface area contributed by atoms with Gasteiger partial charge in [-0.05, 0) is 30.3 Å². The van der Waals surface area contributed by atoms with Crippen molar-refractivity contribution in [1.29, 1.82) is 0 Å². The van der Waals surface area contributed by atoms with E-state index in [9.17, 15) is 9.59 Å². The van der Waals surface area contributed by atoms with E-state index in [1.807, 2.05) is 0 Å². The molecule has 1 aromatic rings. The van der Waals surface area contributed by atoms with Crippen LogP contribution in [-0.4, -0.2) is 20.7 Å². The van der Waals surface area contributed by atoms with Crippen LogP contribution in [0.5, 0.6) is 0 Å². The Labute approximate surface area is 182 Å². The van der Waals surface area contributed by atoms with Crippen LogP contribution in [0.4, 0.5) is 0 Å². The highest BCUT2D eigenvalue weighted by Crippen LogP contribution is 2.26. The highest BCUT2D eigenvalue weighted by atomic mass is 28.3. The molecular formula is C25H36NO2Si2+. The molecule has 1 heterocycles. The third kappa shape index (κ3) is 3.10. The van der Waals surface area contributed by atoms with Gasteiger partial charge in [0.25, 0.3) is 5.56 Å². The first kappa shape index (κ1) is 22.9. The summed E-state index contributed by atoms with van der Waals surface area (Å²) in [4.78, 5) is 26.2. The van der Waals surface area contributed by atoms with Crippen LogP contribution in [-0.2, 0) is 7.05 Å². The van der Waals surface area contributed by atoms with Crippen molar-refractivity contribution < 1.29 is 0 Å². The SMILES string of the molecule is CC[Si](CC)(CC)c1cc2c([Si](CC)(CC)CC)c[c+]c3c(=O)n(C)c(=O)c(c1)c2=3. The summed E-state index contributed by atoms with van der Waals surface area (Å²) in [5.41, 5.74) is -0.383. The average Bonchev–Trinajstić information content (AvgIpc) is 2.79. The highest BCUT2D eigenvalue weighted by Gasteiger charge is 2.38. The minimum Gasteiger partial charge on any atom is -0.267 e. The molecule has 160 valence electrons. The van der Waals surface area contributed by atoms with Gasteiger partial charge in [0.2, 0.25) is 5.22 Å². The molecule has 2 aliphatic rings. The van der Waals surface area contributed by atoms with Crippen molar-refractivity contribution >= 4 is 37.3 Å². The van der Waals surface area contributed by atoms with Gasteiger partial charge in [-0.1, -0.05) is 64.9 Å². The zero-order chi connectivity index (χ0) is 22.3. The Kier molecular flexibility index (Phi) is 6.38. The smallest absolute Gasteiger partial charge is 0.267 e. The fourth-order valence-electron chi connectivity index (χ4n) is 5.62. The van der Waals surface area contributed by atoms with Crippen molar-refractivity contribution in [1.82, 2.24) is 4.57 Å².